The molecule has 16 heteroatoms. The number of nitrogens with one attached hydrogen (secondary N) is 1. The molecule has 1 N–H and O–H groups in total. The Labute approximate surface area is 236 Å². The lowest BCUT2D eigenvalue weighted by Gasteiger charge is -2.35. The van der Waals surface area contributed by atoms with Crippen LogP contribution in [0.1, 0.15) is 51.5 Å². The van der Waals surface area contributed by atoms with Crippen molar-refractivity contribution in [2.24, 2.45) is 0 Å². The Morgan fingerprint density at radius 2 is 1.57 bits per heavy atom. The van der Waals surface area contributed by atoms with Crippen LogP contribution in [-0.4, -0.2) is 75.9 Å². The van der Waals surface area contributed by atoms with E-state index in [-0.39, 0.29) is 41.8 Å². The fourth-order valence-electron chi connectivity index (χ4n) is 4.33. The molecule has 0 bridgehead atoms. The minimum atomic E-state index is -5.10. The predicted octanol–water partition coefficient (Wildman–Crippen LogP) is 3.95. The summed E-state index contributed by atoms with van der Waals surface area (Å²) in [5, 5.41) is 6.62. The highest BCUT2D eigenvalue weighted by atomic mass is 19.4. The number of aromatic nitrogens is 4. The summed E-state index contributed by atoms with van der Waals surface area (Å²) < 4.78 is 86.3. The van der Waals surface area contributed by atoms with Crippen LogP contribution in [0.15, 0.2) is 36.5 Å². The summed E-state index contributed by atoms with van der Waals surface area (Å²) in [5.41, 5.74) is -3.74. The van der Waals surface area contributed by atoms with Gasteiger partial charge in [-0.05, 0) is 44.2 Å². The van der Waals surface area contributed by atoms with E-state index in [4.69, 9.17) is 4.74 Å². The molecule has 0 saturated carbocycles. The summed E-state index contributed by atoms with van der Waals surface area (Å²) in [4.78, 5) is 37.5. The van der Waals surface area contributed by atoms with Gasteiger partial charge >= 0.3 is 12.4 Å². The standard InChI is InChI=1S/C26H27F6N7O3/c1-14-12-38(13-15(2)42-14)23(41)16-5-6-20(33-10-16)39-21(35-24(36-39)37(3)4)11-34-22(40)17-7-18(25(27,28)29)9-19(8-17)26(30,31)32/h5-10,14-15H,11-13H2,1-4H3,(H,34,40). The van der Waals surface area contributed by atoms with Crippen molar-refractivity contribution in [2.45, 2.75) is 45.0 Å². The number of rotatable bonds is 6. The summed E-state index contributed by atoms with van der Waals surface area (Å²) in [6, 6.07) is 3.66. The first kappa shape index (κ1) is 30.7. The molecule has 3 aromatic rings. The van der Waals surface area contributed by atoms with Gasteiger partial charge in [0, 0.05) is 38.9 Å². The van der Waals surface area contributed by atoms with Gasteiger partial charge in [-0.2, -0.15) is 36.0 Å². The van der Waals surface area contributed by atoms with Gasteiger partial charge in [0.1, 0.15) is 0 Å². The number of ether oxygens (including phenoxy) is 1. The number of nitrogens with zero attached hydrogens (tertiary/aromatic N) is 6. The lowest BCUT2D eigenvalue weighted by Crippen LogP contribution is -2.48. The highest BCUT2D eigenvalue weighted by molar-refractivity contribution is 5.95. The Kier molecular flexibility index (Phi) is 8.48. The molecular weight excluding hydrogens is 572 g/mol. The molecule has 2 unspecified atom stereocenters. The van der Waals surface area contributed by atoms with Gasteiger partial charge in [0.15, 0.2) is 11.6 Å². The number of halogens is 6. The second kappa shape index (κ2) is 11.6. The molecule has 3 heterocycles. The molecule has 1 aliphatic rings. The summed E-state index contributed by atoms with van der Waals surface area (Å²) in [6.07, 6.45) is -9.11. The van der Waals surface area contributed by atoms with E-state index in [2.05, 4.69) is 20.4 Å². The van der Waals surface area contributed by atoms with Crippen molar-refractivity contribution in [2.75, 3.05) is 32.1 Å². The molecule has 0 spiro atoms. The molecule has 2 atom stereocenters. The van der Waals surface area contributed by atoms with Crippen LogP contribution in [0.4, 0.5) is 32.3 Å². The van der Waals surface area contributed by atoms with Gasteiger partial charge in [-0.15, -0.1) is 5.10 Å². The molecule has 1 saturated heterocycles. The summed E-state index contributed by atoms with van der Waals surface area (Å²) >= 11 is 0. The van der Waals surface area contributed by atoms with Gasteiger partial charge < -0.3 is 19.9 Å². The highest BCUT2D eigenvalue weighted by Gasteiger charge is 2.37. The van der Waals surface area contributed by atoms with Crippen LogP contribution >= 0.6 is 0 Å². The SMILES string of the molecule is CC1CN(C(=O)c2ccc(-n3nc(N(C)C)nc3CNC(=O)c3cc(C(F)(F)F)cc(C(F)(F)F)c3)nc2)CC(C)O1. The van der Waals surface area contributed by atoms with E-state index < -0.39 is 41.5 Å². The third-order valence-electron chi connectivity index (χ3n) is 6.24. The fraction of sp³-hybridized carbons (Fsp3) is 0.423. The zero-order valence-corrected chi connectivity index (χ0v) is 22.9. The molecule has 0 aliphatic carbocycles. The monoisotopic (exact) mass is 599 g/mol. The van der Waals surface area contributed by atoms with Crippen LogP contribution in [0, 0.1) is 0 Å². The van der Waals surface area contributed by atoms with E-state index in [1.807, 2.05) is 13.8 Å². The van der Waals surface area contributed by atoms with E-state index in [0.29, 0.717) is 30.8 Å². The fourth-order valence-corrected chi connectivity index (χ4v) is 4.33. The molecule has 1 fully saturated rings. The number of morpholine rings is 1. The number of alkyl halides is 6. The Morgan fingerprint density at radius 3 is 2.07 bits per heavy atom. The van der Waals surface area contributed by atoms with Crippen LogP contribution in [0.25, 0.3) is 5.82 Å². The zero-order chi connectivity index (χ0) is 31.0. The Hall–Kier alpha value is -4.21. The van der Waals surface area contributed by atoms with Crippen molar-refractivity contribution < 1.29 is 40.7 Å². The highest BCUT2D eigenvalue weighted by Crippen LogP contribution is 2.36. The third kappa shape index (κ3) is 6.98. The second-order valence-corrected chi connectivity index (χ2v) is 9.98. The van der Waals surface area contributed by atoms with Gasteiger partial charge in [0.25, 0.3) is 11.8 Å². The number of amides is 2. The maximum absolute atomic E-state index is 13.2. The third-order valence-corrected chi connectivity index (χ3v) is 6.24. The van der Waals surface area contributed by atoms with E-state index in [9.17, 15) is 35.9 Å². The molecule has 2 aromatic heterocycles. The van der Waals surface area contributed by atoms with Gasteiger partial charge in [-0.3, -0.25) is 9.59 Å². The van der Waals surface area contributed by atoms with Gasteiger partial charge in [0.05, 0.1) is 35.4 Å². The Bertz CT molecular complexity index is 1410. The van der Waals surface area contributed by atoms with Crippen LogP contribution in [0.5, 0.6) is 0 Å². The van der Waals surface area contributed by atoms with Crippen molar-refractivity contribution >= 4 is 17.8 Å². The molecule has 226 valence electrons. The quantitative estimate of drug-likeness (QED) is 0.428. The zero-order valence-electron chi connectivity index (χ0n) is 22.9. The number of carbonyl (C=O) groups excluding carboxylic acids is 2. The number of hydrogen-bond acceptors (Lipinski definition) is 7. The summed E-state index contributed by atoms with van der Waals surface area (Å²) in [6.45, 7) is 4.16. The molecular formula is C26H27F6N7O3. The van der Waals surface area contributed by atoms with Crippen molar-refractivity contribution in [3.05, 3.63) is 64.6 Å². The van der Waals surface area contributed by atoms with Crippen molar-refractivity contribution in [1.29, 1.82) is 0 Å². The average Bonchev–Trinajstić information content (AvgIpc) is 3.34. The smallest absolute Gasteiger partial charge is 0.372 e. The summed E-state index contributed by atoms with van der Waals surface area (Å²) in [5.74, 6) is -0.946. The van der Waals surface area contributed by atoms with Crippen molar-refractivity contribution in [3.63, 3.8) is 0 Å². The molecule has 10 nitrogen and oxygen atoms in total. The van der Waals surface area contributed by atoms with E-state index in [1.54, 1.807) is 23.9 Å². The first-order valence-corrected chi connectivity index (χ1v) is 12.6. The summed E-state index contributed by atoms with van der Waals surface area (Å²) in [7, 11) is 3.28. The van der Waals surface area contributed by atoms with E-state index in [1.165, 1.54) is 23.0 Å². The Morgan fingerprint density at radius 1 is 0.976 bits per heavy atom. The average molecular weight is 600 g/mol. The molecule has 4 rings (SSSR count). The van der Waals surface area contributed by atoms with Gasteiger partial charge in [-0.25, -0.2) is 4.98 Å². The number of carbonyl (C=O) groups is 2. The lowest BCUT2D eigenvalue weighted by molar-refractivity contribution is -0.143. The maximum Gasteiger partial charge on any atom is 0.416 e. The number of anilines is 1. The number of benzene rings is 1. The molecule has 1 aromatic carbocycles. The number of hydrogen-bond donors (Lipinski definition) is 1. The maximum atomic E-state index is 13.2. The molecule has 2 amide bonds. The van der Waals surface area contributed by atoms with Gasteiger partial charge in [0.2, 0.25) is 5.95 Å². The minimum Gasteiger partial charge on any atom is -0.372 e. The predicted molar refractivity (Wildman–Crippen MR) is 137 cm³/mol. The van der Waals surface area contributed by atoms with E-state index in [0.717, 1.165) is 0 Å². The topological polar surface area (TPSA) is 105 Å². The van der Waals surface area contributed by atoms with Crippen LogP contribution in [-0.2, 0) is 23.6 Å². The molecule has 42 heavy (non-hydrogen) atoms. The van der Waals surface area contributed by atoms with Crippen molar-refractivity contribution in [1.82, 2.24) is 30.0 Å². The van der Waals surface area contributed by atoms with E-state index >= 15 is 0 Å². The number of pyridine rings is 1. The largest absolute Gasteiger partial charge is 0.416 e. The van der Waals surface area contributed by atoms with Crippen LogP contribution in [0.3, 0.4) is 0 Å². The van der Waals surface area contributed by atoms with Crippen LogP contribution < -0.4 is 10.2 Å². The first-order chi connectivity index (χ1) is 19.5. The normalized spacial score (nSPS) is 17.7. The van der Waals surface area contributed by atoms with Crippen LogP contribution in [0.2, 0.25) is 0 Å². The molecule has 1 aliphatic heterocycles. The lowest BCUT2D eigenvalue weighted by atomic mass is 10.0. The minimum absolute atomic E-state index is 0.0585. The Balaban J connectivity index is 1.57. The van der Waals surface area contributed by atoms with Crippen molar-refractivity contribution in [3.8, 4) is 5.82 Å². The second-order valence-electron chi connectivity index (χ2n) is 9.98. The molecule has 0 radical (unpaired) electrons. The van der Waals surface area contributed by atoms with Gasteiger partial charge in [-0.1, -0.05) is 0 Å². The first-order valence-electron chi connectivity index (χ1n) is 12.6.